The molecule has 2 aromatic rings. The van der Waals surface area contributed by atoms with Gasteiger partial charge in [-0.05, 0) is 49.9 Å². The van der Waals surface area contributed by atoms with Crippen LogP contribution in [0.5, 0.6) is 0 Å². The number of nitrogens with zero attached hydrogens (tertiary/aromatic N) is 2. The second kappa shape index (κ2) is 7.21. The average Bonchev–Trinajstić information content (AvgIpc) is 2.89. The molecule has 7 heteroatoms. The Kier molecular flexibility index (Phi) is 4.99. The summed E-state index contributed by atoms with van der Waals surface area (Å²) in [6.45, 7) is 3.46. The van der Waals surface area contributed by atoms with E-state index in [-0.39, 0.29) is 6.54 Å². The zero-order chi connectivity index (χ0) is 18.8. The van der Waals surface area contributed by atoms with Gasteiger partial charge in [-0.1, -0.05) is 35.4 Å². The zero-order valence-electron chi connectivity index (χ0n) is 14.4. The summed E-state index contributed by atoms with van der Waals surface area (Å²) < 4.78 is 0. The van der Waals surface area contributed by atoms with E-state index >= 15 is 0 Å². The van der Waals surface area contributed by atoms with Crippen LogP contribution < -0.4 is 9.80 Å². The lowest BCUT2D eigenvalue weighted by molar-refractivity contribution is -0.135. The molecule has 0 spiro atoms. The molecule has 0 bridgehead atoms. The number of rotatable bonds is 5. The van der Waals surface area contributed by atoms with Gasteiger partial charge in [0.05, 0.1) is 5.69 Å². The summed E-state index contributed by atoms with van der Waals surface area (Å²) in [7, 11) is 0. The maximum atomic E-state index is 12.9. The van der Waals surface area contributed by atoms with Crippen LogP contribution in [0.1, 0.15) is 11.1 Å². The number of carbonyl (C=O) groups is 3. The van der Waals surface area contributed by atoms with Crippen molar-refractivity contribution in [2.24, 2.45) is 0 Å². The van der Waals surface area contributed by atoms with Crippen LogP contribution in [0.3, 0.4) is 0 Å². The van der Waals surface area contributed by atoms with Crippen molar-refractivity contribution in [3.63, 3.8) is 0 Å². The van der Waals surface area contributed by atoms with Crippen molar-refractivity contribution in [2.75, 3.05) is 16.3 Å². The normalized spacial score (nSPS) is 16.8. The Morgan fingerprint density at radius 3 is 2.12 bits per heavy atom. The van der Waals surface area contributed by atoms with Crippen LogP contribution in [0.25, 0.3) is 0 Å². The van der Waals surface area contributed by atoms with Crippen molar-refractivity contribution >= 4 is 40.3 Å². The lowest BCUT2D eigenvalue weighted by Gasteiger charge is -2.27. The van der Waals surface area contributed by atoms with Crippen molar-refractivity contribution in [3.8, 4) is 0 Å². The molecule has 2 aromatic carbocycles. The van der Waals surface area contributed by atoms with Crippen molar-refractivity contribution in [3.05, 3.63) is 59.7 Å². The Labute approximate surface area is 155 Å². The molecule has 134 valence electrons. The summed E-state index contributed by atoms with van der Waals surface area (Å²) in [6.07, 6.45) is 0. The number of carboxylic acids is 1. The van der Waals surface area contributed by atoms with Crippen molar-refractivity contribution in [2.45, 2.75) is 19.2 Å². The van der Waals surface area contributed by atoms with Gasteiger partial charge < -0.3 is 10.0 Å². The number of benzene rings is 2. The van der Waals surface area contributed by atoms with Gasteiger partial charge in [0.15, 0.2) is 5.37 Å². The molecule has 1 saturated heterocycles. The molecule has 0 radical (unpaired) electrons. The first kappa shape index (κ1) is 18.0. The first-order chi connectivity index (χ1) is 12.4. The molecule has 1 atom stereocenters. The predicted octanol–water partition coefficient (Wildman–Crippen LogP) is 3.42. The minimum Gasteiger partial charge on any atom is -0.480 e. The standard InChI is InChI=1S/C19H18N2O4S/c1-12-3-7-14(8-4-12)20(11-16(22)23)18-17(24)21(19(25)26-18)15-9-5-13(2)6-10-15/h3-10,18H,11H2,1-2H3,(H,22,23)/t18-/m1/s1. The lowest BCUT2D eigenvalue weighted by Crippen LogP contribution is -2.44. The summed E-state index contributed by atoms with van der Waals surface area (Å²) in [6, 6.07) is 14.3. The first-order valence-electron chi connectivity index (χ1n) is 8.03. The highest BCUT2D eigenvalue weighted by molar-refractivity contribution is 8.16. The largest absolute Gasteiger partial charge is 0.480 e. The zero-order valence-corrected chi connectivity index (χ0v) is 15.2. The molecule has 0 aromatic heterocycles. The van der Waals surface area contributed by atoms with Crippen molar-refractivity contribution in [1.82, 2.24) is 0 Å². The molecular weight excluding hydrogens is 352 g/mol. The number of imide groups is 1. The second-order valence-corrected chi connectivity index (χ2v) is 7.13. The summed E-state index contributed by atoms with van der Waals surface area (Å²) in [4.78, 5) is 39.2. The van der Waals surface area contributed by atoms with Gasteiger partial charge in [-0.15, -0.1) is 0 Å². The molecule has 1 heterocycles. The van der Waals surface area contributed by atoms with Gasteiger partial charge in [-0.3, -0.25) is 14.4 Å². The lowest BCUT2D eigenvalue weighted by atomic mass is 10.2. The van der Waals surface area contributed by atoms with Gasteiger partial charge in [0, 0.05) is 5.69 Å². The molecule has 0 saturated carbocycles. The Bertz CT molecular complexity index is 849. The van der Waals surface area contributed by atoms with E-state index in [9.17, 15) is 19.5 Å². The number of hydrogen-bond donors (Lipinski definition) is 1. The molecule has 1 aliphatic heterocycles. The van der Waals surface area contributed by atoms with Gasteiger partial charge in [-0.2, -0.15) is 0 Å². The Balaban J connectivity index is 1.93. The highest BCUT2D eigenvalue weighted by Crippen LogP contribution is 2.35. The van der Waals surface area contributed by atoms with Crippen LogP contribution in [0.4, 0.5) is 16.2 Å². The third kappa shape index (κ3) is 3.57. The van der Waals surface area contributed by atoms with Crippen LogP contribution in [-0.2, 0) is 9.59 Å². The van der Waals surface area contributed by atoms with Crippen LogP contribution in [0, 0.1) is 13.8 Å². The van der Waals surface area contributed by atoms with Gasteiger partial charge in [0.25, 0.3) is 11.1 Å². The monoisotopic (exact) mass is 370 g/mol. The fourth-order valence-corrected chi connectivity index (χ4v) is 3.74. The molecule has 1 N–H and O–H groups in total. The van der Waals surface area contributed by atoms with Crippen LogP contribution >= 0.6 is 11.8 Å². The molecule has 0 unspecified atom stereocenters. The number of amides is 2. The topological polar surface area (TPSA) is 77.9 Å². The maximum absolute atomic E-state index is 12.9. The SMILES string of the molecule is Cc1ccc(N2C(=O)S[C@@H](N(CC(=O)O)c3ccc(C)cc3)C2=O)cc1. The fourth-order valence-electron chi connectivity index (χ4n) is 2.71. The Hall–Kier alpha value is -2.80. The van der Waals surface area contributed by atoms with Gasteiger partial charge >= 0.3 is 5.97 Å². The van der Waals surface area contributed by atoms with Gasteiger partial charge in [0.1, 0.15) is 6.54 Å². The highest BCUT2D eigenvalue weighted by atomic mass is 32.2. The third-order valence-corrected chi connectivity index (χ3v) is 5.14. The van der Waals surface area contributed by atoms with E-state index in [0.717, 1.165) is 27.8 Å². The molecule has 0 aliphatic carbocycles. The highest BCUT2D eigenvalue weighted by Gasteiger charge is 2.44. The quantitative estimate of drug-likeness (QED) is 0.869. The molecular formula is C19H18N2O4S. The number of carboxylic acid groups (broad SMARTS) is 1. The molecule has 1 aliphatic rings. The molecule has 2 amide bonds. The number of carbonyl (C=O) groups excluding carboxylic acids is 2. The van der Waals surface area contributed by atoms with E-state index < -0.39 is 22.5 Å². The van der Waals surface area contributed by atoms with E-state index in [1.807, 2.05) is 38.1 Å². The minimum absolute atomic E-state index is 0.374. The summed E-state index contributed by atoms with van der Waals surface area (Å²) in [5, 5.41) is 7.94. The van der Waals surface area contributed by atoms with E-state index in [0.29, 0.717) is 11.4 Å². The van der Waals surface area contributed by atoms with Crippen LogP contribution in [0.2, 0.25) is 0 Å². The smallest absolute Gasteiger partial charge is 0.323 e. The fraction of sp³-hybridized carbons (Fsp3) is 0.211. The Morgan fingerprint density at radius 1 is 1.04 bits per heavy atom. The van der Waals surface area contributed by atoms with E-state index in [1.54, 1.807) is 24.3 Å². The van der Waals surface area contributed by atoms with Crippen LogP contribution in [-0.4, -0.2) is 34.1 Å². The summed E-state index contributed by atoms with van der Waals surface area (Å²) in [5.74, 6) is -1.51. The molecule has 1 fully saturated rings. The number of anilines is 2. The van der Waals surface area contributed by atoms with E-state index in [1.165, 1.54) is 4.90 Å². The van der Waals surface area contributed by atoms with E-state index in [2.05, 4.69) is 0 Å². The summed E-state index contributed by atoms with van der Waals surface area (Å²) in [5.41, 5.74) is 3.11. The van der Waals surface area contributed by atoms with Crippen molar-refractivity contribution in [1.29, 1.82) is 0 Å². The van der Waals surface area contributed by atoms with E-state index in [4.69, 9.17) is 0 Å². The third-order valence-electron chi connectivity index (χ3n) is 4.07. The second-order valence-electron chi connectivity index (χ2n) is 6.10. The number of aryl methyl sites for hydroxylation is 2. The van der Waals surface area contributed by atoms with Gasteiger partial charge in [0.2, 0.25) is 0 Å². The summed E-state index contributed by atoms with van der Waals surface area (Å²) >= 11 is 0.830. The van der Waals surface area contributed by atoms with Gasteiger partial charge in [-0.25, -0.2) is 4.90 Å². The first-order valence-corrected chi connectivity index (χ1v) is 8.91. The van der Waals surface area contributed by atoms with Crippen molar-refractivity contribution < 1.29 is 19.5 Å². The van der Waals surface area contributed by atoms with Crippen LogP contribution in [0.15, 0.2) is 48.5 Å². The number of thioether (sulfide) groups is 1. The molecule has 6 nitrogen and oxygen atoms in total. The average molecular weight is 370 g/mol. The molecule has 26 heavy (non-hydrogen) atoms. The number of hydrogen-bond acceptors (Lipinski definition) is 5. The Morgan fingerprint density at radius 2 is 1.58 bits per heavy atom. The minimum atomic E-state index is -1.07. The maximum Gasteiger partial charge on any atom is 0.323 e. The number of aliphatic carboxylic acids is 1. The predicted molar refractivity (Wildman–Crippen MR) is 102 cm³/mol. The molecule has 3 rings (SSSR count).